The summed E-state index contributed by atoms with van der Waals surface area (Å²) in [5.74, 6) is -1.11. The molecular formula is C18H21Cl2N3O3. The Balaban J connectivity index is 2.37. The number of amides is 2. The summed E-state index contributed by atoms with van der Waals surface area (Å²) in [7, 11) is 0. The summed E-state index contributed by atoms with van der Waals surface area (Å²) in [5, 5.41) is 16.4. The number of carbonyl (C=O) groups is 2. The van der Waals surface area contributed by atoms with Crippen molar-refractivity contribution in [1.82, 2.24) is 10.3 Å². The molecule has 0 radical (unpaired) electrons. The Morgan fingerprint density at radius 3 is 2.69 bits per heavy atom. The van der Waals surface area contributed by atoms with E-state index in [1.165, 1.54) is 6.92 Å². The average Bonchev–Trinajstić information content (AvgIpc) is 2.95. The van der Waals surface area contributed by atoms with Crippen LogP contribution in [-0.4, -0.2) is 34.6 Å². The van der Waals surface area contributed by atoms with Crippen LogP contribution in [0.2, 0.25) is 10.0 Å². The fourth-order valence-corrected chi connectivity index (χ4v) is 3.72. The fraction of sp³-hybridized carbons (Fsp3) is 0.444. The van der Waals surface area contributed by atoms with Crippen molar-refractivity contribution in [3.8, 4) is 0 Å². The minimum atomic E-state index is -1.19. The average molecular weight is 398 g/mol. The van der Waals surface area contributed by atoms with Crippen LogP contribution < -0.4 is 10.6 Å². The molecule has 2 aromatic rings. The Morgan fingerprint density at radius 2 is 2.08 bits per heavy atom. The van der Waals surface area contributed by atoms with Crippen LogP contribution in [0.1, 0.15) is 44.9 Å². The van der Waals surface area contributed by atoms with Gasteiger partial charge in [-0.3, -0.25) is 9.59 Å². The monoisotopic (exact) mass is 397 g/mol. The largest absolute Gasteiger partial charge is 0.384 e. The first-order valence-corrected chi connectivity index (χ1v) is 9.11. The van der Waals surface area contributed by atoms with Gasteiger partial charge >= 0.3 is 0 Å². The molecule has 0 aliphatic carbocycles. The van der Waals surface area contributed by atoms with Gasteiger partial charge in [-0.1, -0.05) is 37.0 Å². The molecule has 1 aromatic heterocycles. The zero-order valence-corrected chi connectivity index (χ0v) is 16.5. The number of aromatic nitrogens is 1. The highest BCUT2D eigenvalue weighted by atomic mass is 35.5. The quantitative estimate of drug-likeness (QED) is 0.625. The molecule has 140 valence electrons. The molecule has 0 saturated carbocycles. The number of aliphatic hydroxyl groups excluding tert-OH is 1. The molecule has 0 bridgehead atoms. The number of anilines is 1. The van der Waals surface area contributed by atoms with Crippen LogP contribution in [0.3, 0.4) is 0 Å². The fourth-order valence-electron chi connectivity index (χ4n) is 3.32. The Morgan fingerprint density at radius 1 is 1.42 bits per heavy atom. The van der Waals surface area contributed by atoms with E-state index in [1.807, 2.05) is 20.8 Å². The van der Waals surface area contributed by atoms with Gasteiger partial charge in [-0.2, -0.15) is 0 Å². The SMILES string of the molecule is C[C@H](O)C(=O)Nc1cc(Cl)c(Cl)c2[nH]c3c(c12)[C@@H](C)C(=O)NCC3(C)C. The molecule has 0 unspecified atom stereocenters. The lowest BCUT2D eigenvalue weighted by Crippen LogP contribution is -2.35. The van der Waals surface area contributed by atoms with Crippen molar-refractivity contribution in [2.24, 2.45) is 0 Å². The van der Waals surface area contributed by atoms with E-state index in [9.17, 15) is 14.7 Å². The van der Waals surface area contributed by atoms with Crippen molar-refractivity contribution in [2.45, 2.75) is 45.1 Å². The third-order valence-electron chi connectivity index (χ3n) is 4.85. The zero-order chi connectivity index (χ0) is 19.4. The molecule has 1 aliphatic rings. The molecule has 0 spiro atoms. The summed E-state index contributed by atoms with van der Waals surface area (Å²) in [4.78, 5) is 27.9. The van der Waals surface area contributed by atoms with E-state index in [1.54, 1.807) is 6.07 Å². The highest BCUT2D eigenvalue weighted by molar-refractivity contribution is 6.46. The Bertz CT molecular complexity index is 918. The molecule has 2 atom stereocenters. The normalized spacial score (nSPS) is 20.3. The second-order valence-electron chi connectivity index (χ2n) is 7.37. The number of rotatable bonds is 2. The van der Waals surface area contributed by atoms with E-state index in [-0.39, 0.29) is 16.3 Å². The molecule has 3 rings (SSSR count). The maximum atomic E-state index is 12.5. The molecule has 2 heterocycles. The van der Waals surface area contributed by atoms with Crippen LogP contribution in [0.4, 0.5) is 5.69 Å². The minimum absolute atomic E-state index is 0.100. The lowest BCUT2D eigenvalue weighted by Gasteiger charge is -2.22. The first-order valence-electron chi connectivity index (χ1n) is 8.35. The Kier molecular flexibility index (Phi) is 4.71. The maximum absolute atomic E-state index is 12.5. The number of aromatic amines is 1. The molecule has 1 aliphatic heterocycles. The second kappa shape index (κ2) is 6.44. The summed E-state index contributed by atoms with van der Waals surface area (Å²) >= 11 is 12.7. The highest BCUT2D eigenvalue weighted by Crippen LogP contribution is 2.45. The Labute approximate surface area is 161 Å². The predicted octanol–water partition coefficient (Wildman–Crippen LogP) is 3.30. The van der Waals surface area contributed by atoms with Gasteiger partial charge in [0, 0.05) is 23.0 Å². The second-order valence-corrected chi connectivity index (χ2v) is 8.16. The zero-order valence-electron chi connectivity index (χ0n) is 15.0. The number of aliphatic hydroxyl groups is 1. The van der Waals surface area contributed by atoms with E-state index < -0.39 is 17.9 Å². The summed E-state index contributed by atoms with van der Waals surface area (Å²) in [6.45, 7) is 7.69. The third-order valence-corrected chi connectivity index (χ3v) is 5.64. The van der Waals surface area contributed by atoms with Crippen LogP contribution in [-0.2, 0) is 15.0 Å². The molecule has 0 saturated heterocycles. The van der Waals surface area contributed by atoms with E-state index in [0.29, 0.717) is 28.2 Å². The third kappa shape index (κ3) is 2.96. The van der Waals surface area contributed by atoms with Gasteiger partial charge in [-0.25, -0.2) is 0 Å². The van der Waals surface area contributed by atoms with Crippen molar-refractivity contribution in [2.75, 3.05) is 11.9 Å². The Hall–Kier alpha value is -1.76. The van der Waals surface area contributed by atoms with E-state index in [4.69, 9.17) is 23.2 Å². The van der Waals surface area contributed by atoms with Crippen molar-refractivity contribution in [3.05, 3.63) is 27.4 Å². The summed E-state index contributed by atoms with van der Waals surface area (Å²) in [5.41, 5.74) is 2.26. The number of hydrogen-bond acceptors (Lipinski definition) is 3. The molecule has 8 heteroatoms. The molecule has 4 N–H and O–H groups in total. The predicted molar refractivity (Wildman–Crippen MR) is 103 cm³/mol. The van der Waals surface area contributed by atoms with Gasteiger partial charge in [0.05, 0.1) is 27.2 Å². The first-order chi connectivity index (χ1) is 12.0. The standard InChI is InChI=1S/C18H21Cl2N3O3/c1-7-11-12-10(22-17(26)8(2)24)5-9(19)13(20)14(12)23-15(11)18(3,4)6-21-16(7)25/h5,7-8,23-24H,6H2,1-4H3,(H,21,25)(H,22,26)/t7-,8+/m1/s1. The number of halogens is 2. The van der Waals surface area contributed by atoms with Crippen molar-refractivity contribution < 1.29 is 14.7 Å². The molecule has 2 amide bonds. The molecule has 1 aromatic carbocycles. The van der Waals surface area contributed by atoms with Gasteiger partial charge in [0.15, 0.2) is 0 Å². The topological polar surface area (TPSA) is 94.2 Å². The molecule has 0 fully saturated rings. The molecular weight excluding hydrogens is 377 g/mol. The number of nitrogens with one attached hydrogen (secondary N) is 3. The van der Waals surface area contributed by atoms with Crippen LogP contribution in [0.5, 0.6) is 0 Å². The van der Waals surface area contributed by atoms with Gasteiger partial charge in [-0.05, 0) is 25.5 Å². The lowest BCUT2D eigenvalue weighted by molar-refractivity contribution is -0.123. The van der Waals surface area contributed by atoms with Crippen molar-refractivity contribution in [3.63, 3.8) is 0 Å². The highest BCUT2D eigenvalue weighted by Gasteiger charge is 2.37. The van der Waals surface area contributed by atoms with Gasteiger partial charge < -0.3 is 20.7 Å². The van der Waals surface area contributed by atoms with Crippen LogP contribution >= 0.6 is 23.2 Å². The van der Waals surface area contributed by atoms with Gasteiger partial charge in [0.1, 0.15) is 6.10 Å². The van der Waals surface area contributed by atoms with Gasteiger partial charge in [0.2, 0.25) is 5.91 Å². The van der Waals surface area contributed by atoms with Crippen LogP contribution in [0.15, 0.2) is 6.07 Å². The maximum Gasteiger partial charge on any atom is 0.252 e. The minimum Gasteiger partial charge on any atom is -0.384 e. The number of H-pyrrole nitrogens is 1. The van der Waals surface area contributed by atoms with E-state index in [2.05, 4.69) is 15.6 Å². The van der Waals surface area contributed by atoms with Gasteiger partial charge in [-0.15, -0.1) is 0 Å². The van der Waals surface area contributed by atoms with Crippen LogP contribution in [0, 0.1) is 0 Å². The van der Waals surface area contributed by atoms with Crippen molar-refractivity contribution in [1.29, 1.82) is 0 Å². The van der Waals surface area contributed by atoms with E-state index >= 15 is 0 Å². The van der Waals surface area contributed by atoms with E-state index in [0.717, 1.165) is 11.3 Å². The number of hydrogen-bond donors (Lipinski definition) is 4. The van der Waals surface area contributed by atoms with Crippen LogP contribution in [0.25, 0.3) is 10.9 Å². The smallest absolute Gasteiger partial charge is 0.252 e. The lowest BCUT2D eigenvalue weighted by atomic mass is 9.84. The summed E-state index contributed by atoms with van der Waals surface area (Å²) < 4.78 is 0. The summed E-state index contributed by atoms with van der Waals surface area (Å²) in [6, 6.07) is 1.54. The number of fused-ring (bicyclic) bond motifs is 3. The molecule has 6 nitrogen and oxygen atoms in total. The first kappa shape index (κ1) is 19.0. The van der Waals surface area contributed by atoms with Gasteiger partial charge in [0.25, 0.3) is 5.91 Å². The number of benzene rings is 1. The molecule has 26 heavy (non-hydrogen) atoms. The van der Waals surface area contributed by atoms with Crippen molar-refractivity contribution >= 4 is 51.6 Å². The summed E-state index contributed by atoms with van der Waals surface area (Å²) in [6.07, 6.45) is -1.19. The number of carbonyl (C=O) groups excluding carboxylic acids is 2.